The lowest BCUT2D eigenvalue weighted by atomic mass is 10.1. The molecule has 36 heavy (non-hydrogen) atoms. The predicted octanol–water partition coefficient (Wildman–Crippen LogP) is 4.28. The summed E-state index contributed by atoms with van der Waals surface area (Å²) in [4.78, 5) is 26.3. The molecule has 0 spiro atoms. The van der Waals surface area contributed by atoms with Gasteiger partial charge in [0.25, 0.3) is 0 Å². The van der Waals surface area contributed by atoms with Gasteiger partial charge in [-0.3, -0.25) is 0 Å². The van der Waals surface area contributed by atoms with Gasteiger partial charge in [0.2, 0.25) is 0 Å². The van der Waals surface area contributed by atoms with E-state index in [9.17, 15) is 8.78 Å². The Morgan fingerprint density at radius 3 is 1.39 bits per heavy atom. The van der Waals surface area contributed by atoms with Crippen molar-refractivity contribution in [2.75, 3.05) is 0 Å². The Kier molecular flexibility index (Phi) is 5.35. The molecular weight excluding hydrogens is 462 g/mol. The second kappa shape index (κ2) is 8.96. The van der Waals surface area contributed by atoms with Crippen LogP contribution in [0.1, 0.15) is 0 Å². The maximum atomic E-state index is 13.3. The minimum absolute atomic E-state index is 0.311. The number of nitrogens with zero attached hydrogens (tertiary/aromatic N) is 8. The Balaban J connectivity index is 1.23. The van der Waals surface area contributed by atoms with E-state index in [4.69, 9.17) is 0 Å². The monoisotopic (exact) mass is 478 g/mol. The van der Waals surface area contributed by atoms with Gasteiger partial charge in [-0.1, -0.05) is 11.8 Å². The van der Waals surface area contributed by atoms with Crippen molar-refractivity contribution in [3.8, 4) is 34.4 Å². The molecule has 6 aromatic rings. The second-order valence-corrected chi connectivity index (χ2v) is 7.90. The molecule has 0 atom stereocenters. The van der Waals surface area contributed by atoms with Crippen LogP contribution in [-0.4, -0.2) is 39.0 Å². The van der Waals surface area contributed by atoms with Gasteiger partial charge in [0.15, 0.2) is 11.3 Å². The Morgan fingerprint density at radius 2 is 0.972 bits per heavy atom. The van der Waals surface area contributed by atoms with Crippen LogP contribution in [0.5, 0.6) is 0 Å². The lowest BCUT2D eigenvalue weighted by Crippen LogP contribution is -1.99. The van der Waals surface area contributed by atoms with Gasteiger partial charge in [0.1, 0.15) is 46.7 Å². The molecule has 8 nitrogen and oxygen atoms in total. The molecule has 0 aliphatic rings. The highest BCUT2D eigenvalue weighted by atomic mass is 19.1. The number of benzene rings is 2. The summed E-state index contributed by atoms with van der Waals surface area (Å²) >= 11 is 0. The van der Waals surface area contributed by atoms with Crippen LogP contribution in [0.4, 0.5) is 8.78 Å². The lowest BCUT2D eigenvalue weighted by Gasteiger charge is -2.03. The molecule has 0 unspecified atom stereocenters. The zero-order valence-corrected chi connectivity index (χ0v) is 18.7. The first kappa shape index (κ1) is 21.5. The fourth-order valence-corrected chi connectivity index (χ4v) is 3.91. The molecule has 0 fully saturated rings. The molecule has 0 saturated heterocycles. The van der Waals surface area contributed by atoms with Crippen LogP contribution >= 0.6 is 0 Å². The van der Waals surface area contributed by atoms with E-state index in [1.165, 1.54) is 36.9 Å². The summed E-state index contributed by atoms with van der Waals surface area (Å²) in [5.74, 6) is 5.64. The third-order valence-electron chi connectivity index (χ3n) is 5.66. The summed E-state index contributed by atoms with van der Waals surface area (Å²) in [5, 5.41) is 0. The summed E-state index contributed by atoms with van der Waals surface area (Å²) in [7, 11) is 0. The summed E-state index contributed by atoms with van der Waals surface area (Å²) < 4.78 is 30.3. The van der Waals surface area contributed by atoms with Gasteiger partial charge in [-0.2, -0.15) is 0 Å². The van der Waals surface area contributed by atoms with Crippen LogP contribution in [0.3, 0.4) is 0 Å². The van der Waals surface area contributed by atoms with Gasteiger partial charge in [0.05, 0.1) is 25.7 Å². The highest BCUT2D eigenvalue weighted by molar-refractivity contribution is 5.87. The minimum Gasteiger partial charge on any atom is -0.303 e. The zero-order chi connectivity index (χ0) is 24.5. The number of rotatable bonds is 4. The summed E-state index contributed by atoms with van der Waals surface area (Å²) in [5.41, 5.74) is 5.31. The molecule has 10 heteroatoms. The van der Waals surface area contributed by atoms with Gasteiger partial charge in [0, 0.05) is 11.1 Å². The van der Waals surface area contributed by atoms with E-state index in [1.807, 2.05) is 9.13 Å². The van der Waals surface area contributed by atoms with Gasteiger partial charge in [-0.05, 0) is 48.5 Å². The van der Waals surface area contributed by atoms with Crippen LogP contribution in [0.25, 0.3) is 44.8 Å². The van der Waals surface area contributed by atoms with Crippen molar-refractivity contribution in [1.82, 2.24) is 39.0 Å². The maximum absolute atomic E-state index is 13.3. The van der Waals surface area contributed by atoms with Crippen molar-refractivity contribution in [2.24, 2.45) is 0 Å². The highest BCUT2D eigenvalue weighted by Crippen LogP contribution is 2.25. The minimum atomic E-state index is -0.311. The van der Waals surface area contributed by atoms with E-state index in [0.29, 0.717) is 46.8 Å². The molecule has 4 aromatic heterocycles. The quantitative estimate of drug-likeness (QED) is 0.352. The zero-order valence-electron chi connectivity index (χ0n) is 18.7. The van der Waals surface area contributed by atoms with Crippen molar-refractivity contribution in [3.63, 3.8) is 0 Å². The summed E-state index contributed by atoms with van der Waals surface area (Å²) in [6, 6.07) is 12.2. The number of hydrogen-bond acceptors (Lipinski definition) is 6. The van der Waals surface area contributed by atoms with E-state index in [0.717, 1.165) is 11.1 Å². The number of fused-ring (bicyclic) bond motifs is 2. The smallest absolute Gasteiger partial charge is 0.164 e. The van der Waals surface area contributed by atoms with Crippen molar-refractivity contribution in [2.45, 2.75) is 13.1 Å². The highest BCUT2D eigenvalue weighted by Gasteiger charge is 2.13. The van der Waals surface area contributed by atoms with Crippen molar-refractivity contribution < 1.29 is 8.78 Å². The molecule has 0 radical (unpaired) electrons. The Labute approximate surface area is 203 Å². The first-order chi connectivity index (χ1) is 17.7. The fraction of sp³-hybridized carbons (Fsp3) is 0.0769. The van der Waals surface area contributed by atoms with E-state index < -0.39 is 0 Å². The predicted molar refractivity (Wildman–Crippen MR) is 129 cm³/mol. The third kappa shape index (κ3) is 3.92. The molecule has 4 heterocycles. The first-order valence-corrected chi connectivity index (χ1v) is 11.0. The Hall–Kier alpha value is -5.04. The fourth-order valence-electron chi connectivity index (χ4n) is 3.91. The summed E-state index contributed by atoms with van der Waals surface area (Å²) in [6.07, 6.45) is 6.25. The average molecular weight is 478 g/mol. The standard InChI is InChI=1S/C26H16F2N8/c27-19-7-3-17(4-8-19)21-23-25(31-13-29-21)35(15-33-23)11-1-2-12-36-16-34-24-22(30-14-32-26(24)36)18-5-9-20(28)10-6-18/h3-10,13-16H,11-12H2. The van der Waals surface area contributed by atoms with E-state index >= 15 is 0 Å². The normalized spacial score (nSPS) is 11.1. The molecule has 0 bridgehead atoms. The van der Waals surface area contributed by atoms with Crippen LogP contribution in [0.15, 0.2) is 73.8 Å². The summed E-state index contributed by atoms with van der Waals surface area (Å²) in [6.45, 7) is 0.748. The van der Waals surface area contributed by atoms with Crippen molar-refractivity contribution in [1.29, 1.82) is 0 Å². The van der Waals surface area contributed by atoms with Crippen molar-refractivity contribution in [3.05, 3.63) is 85.5 Å². The van der Waals surface area contributed by atoms with Gasteiger partial charge in [-0.15, -0.1) is 0 Å². The molecular formula is C26H16F2N8. The number of halogens is 2. The molecule has 2 aromatic carbocycles. The molecule has 0 aliphatic heterocycles. The topological polar surface area (TPSA) is 87.2 Å². The molecule has 6 rings (SSSR count). The third-order valence-corrected chi connectivity index (χ3v) is 5.66. The van der Waals surface area contributed by atoms with Crippen LogP contribution in [0.2, 0.25) is 0 Å². The first-order valence-electron chi connectivity index (χ1n) is 11.0. The van der Waals surface area contributed by atoms with Gasteiger partial charge in [-0.25, -0.2) is 38.7 Å². The SMILES string of the molecule is Fc1ccc(-c2ncnc3c2ncn3CC#CCn2cnc3c(-c4ccc(F)cc4)ncnc32)cc1. The van der Waals surface area contributed by atoms with Gasteiger partial charge < -0.3 is 9.13 Å². The lowest BCUT2D eigenvalue weighted by molar-refractivity contribution is 0.627. The largest absolute Gasteiger partial charge is 0.303 e. The molecule has 0 aliphatic carbocycles. The van der Waals surface area contributed by atoms with Crippen LogP contribution in [-0.2, 0) is 13.1 Å². The molecule has 0 saturated carbocycles. The molecule has 174 valence electrons. The second-order valence-electron chi connectivity index (χ2n) is 7.90. The van der Waals surface area contributed by atoms with Gasteiger partial charge >= 0.3 is 0 Å². The Bertz CT molecular complexity index is 1630. The molecule has 0 amide bonds. The average Bonchev–Trinajstić information content (AvgIpc) is 3.52. The molecule has 0 N–H and O–H groups in total. The maximum Gasteiger partial charge on any atom is 0.164 e. The Morgan fingerprint density at radius 1 is 0.556 bits per heavy atom. The van der Waals surface area contributed by atoms with E-state index in [1.54, 1.807) is 36.9 Å². The van der Waals surface area contributed by atoms with E-state index in [2.05, 4.69) is 41.7 Å². The van der Waals surface area contributed by atoms with Crippen LogP contribution in [0, 0.1) is 23.5 Å². The number of aromatic nitrogens is 8. The van der Waals surface area contributed by atoms with Crippen LogP contribution < -0.4 is 0 Å². The number of imidazole rings is 2. The van der Waals surface area contributed by atoms with E-state index in [-0.39, 0.29) is 11.6 Å². The van der Waals surface area contributed by atoms with Crippen molar-refractivity contribution >= 4 is 22.3 Å². The number of hydrogen-bond donors (Lipinski definition) is 0.